The van der Waals surface area contributed by atoms with Gasteiger partial charge >= 0.3 is 0 Å². The Bertz CT molecular complexity index is 286. The van der Waals surface area contributed by atoms with E-state index in [4.69, 9.17) is 16.7 Å². The number of nitrogens with zero attached hydrogens (tertiary/aromatic N) is 1. The first kappa shape index (κ1) is 13.5. The summed E-state index contributed by atoms with van der Waals surface area (Å²) in [6.07, 6.45) is 3.01. The highest BCUT2D eigenvalue weighted by Gasteiger charge is 1.99. The summed E-state index contributed by atoms with van der Waals surface area (Å²) >= 11 is 5.82. The number of hydrogen-bond acceptors (Lipinski definition) is 2. The minimum Gasteiger partial charge on any atom is -0.396 e. The number of unbranched alkanes of at least 4 members (excludes halogenated alkanes) is 1. The molecule has 1 N–H and O–H groups in total. The van der Waals surface area contributed by atoms with Crippen LogP contribution in [0.15, 0.2) is 24.3 Å². The van der Waals surface area contributed by atoms with Crippen molar-refractivity contribution < 1.29 is 5.11 Å². The molecule has 90 valence electrons. The first-order chi connectivity index (χ1) is 7.72. The zero-order valence-corrected chi connectivity index (χ0v) is 10.6. The average molecular weight is 242 g/mol. The normalized spacial score (nSPS) is 11.0. The van der Waals surface area contributed by atoms with E-state index in [1.807, 2.05) is 12.1 Å². The van der Waals surface area contributed by atoms with Crippen LogP contribution in [0.1, 0.15) is 18.4 Å². The van der Waals surface area contributed by atoms with E-state index in [0.29, 0.717) is 6.61 Å². The molecule has 0 radical (unpaired) electrons. The predicted molar refractivity (Wildman–Crippen MR) is 69.0 cm³/mol. The van der Waals surface area contributed by atoms with Gasteiger partial charge in [0.25, 0.3) is 0 Å². The van der Waals surface area contributed by atoms with Gasteiger partial charge < -0.3 is 10.0 Å². The molecule has 16 heavy (non-hydrogen) atoms. The molecule has 0 atom stereocenters. The smallest absolute Gasteiger partial charge is 0.0431 e. The summed E-state index contributed by atoms with van der Waals surface area (Å²) in [6.45, 7) is 2.40. The highest BCUT2D eigenvalue weighted by atomic mass is 35.5. The summed E-state index contributed by atoms with van der Waals surface area (Å²) in [5.74, 6) is 0. The lowest BCUT2D eigenvalue weighted by Crippen LogP contribution is -2.22. The van der Waals surface area contributed by atoms with Crippen molar-refractivity contribution in [3.05, 3.63) is 34.9 Å². The highest BCUT2D eigenvalue weighted by Crippen LogP contribution is 2.10. The summed E-state index contributed by atoms with van der Waals surface area (Å²) in [6, 6.07) is 8.01. The molecule has 2 nitrogen and oxygen atoms in total. The zero-order valence-electron chi connectivity index (χ0n) is 9.82. The van der Waals surface area contributed by atoms with Crippen molar-refractivity contribution >= 4 is 11.6 Å². The minimum atomic E-state index is 0.297. The van der Waals surface area contributed by atoms with Crippen LogP contribution in [-0.4, -0.2) is 36.8 Å². The van der Waals surface area contributed by atoms with E-state index in [0.717, 1.165) is 37.4 Å². The van der Waals surface area contributed by atoms with Crippen molar-refractivity contribution in [1.82, 2.24) is 4.90 Å². The van der Waals surface area contributed by atoms with E-state index < -0.39 is 0 Å². The lowest BCUT2D eigenvalue weighted by Gasteiger charge is -2.16. The molecule has 0 saturated heterocycles. The third-order valence-corrected chi connectivity index (χ3v) is 2.90. The first-order valence-corrected chi connectivity index (χ1v) is 6.14. The van der Waals surface area contributed by atoms with Gasteiger partial charge in [-0.3, -0.25) is 0 Å². The molecule has 3 heteroatoms. The van der Waals surface area contributed by atoms with Gasteiger partial charge in [-0.25, -0.2) is 0 Å². The quantitative estimate of drug-likeness (QED) is 0.742. The number of likely N-dealkylation sites (N-methyl/N-ethyl adjacent to an activating group) is 1. The molecular weight excluding hydrogens is 222 g/mol. The van der Waals surface area contributed by atoms with Crippen LogP contribution in [0.2, 0.25) is 5.02 Å². The number of aliphatic hydroxyl groups excluding tert-OH is 1. The molecule has 1 aromatic carbocycles. The SMILES string of the molecule is CN(CCCCO)CCc1ccc(Cl)cc1. The molecule has 0 aliphatic rings. The van der Waals surface area contributed by atoms with Crippen LogP contribution < -0.4 is 0 Å². The maximum Gasteiger partial charge on any atom is 0.0431 e. The van der Waals surface area contributed by atoms with E-state index in [-0.39, 0.29) is 0 Å². The molecular formula is C13H20ClNO. The summed E-state index contributed by atoms with van der Waals surface area (Å²) in [5, 5.41) is 9.47. The summed E-state index contributed by atoms with van der Waals surface area (Å²) in [4.78, 5) is 2.30. The molecule has 0 amide bonds. The molecule has 0 saturated carbocycles. The lowest BCUT2D eigenvalue weighted by atomic mass is 10.1. The van der Waals surface area contributed by atoms with Gasteiger partial charge in [0.15, 0.2) is 0 Å². The second-order valence-electron chi connectivity index (χ2n) is 4.11. The Labute approximate surface area is 103 Å². The van der Waals surface area contributed by atoms with Gasteiger partial charge in [-0.1, -0.05) is 23.7 Å². The van der Waals surface area contributed by atoms with E-state index in [2.05, 4.69) is 24.1 Å². The monoisotopic (exact) mass is 241 g/mol. The topological polar surface area (TPSA) is 23.5 Å². The molecule has 0 bridgehead atoms. The minimum absolute atomic E-state index is 0.297. The number of halogens is 1. The molecule has 0 heterocycles. The van der Waals surface area contributed by atoms with Gasteiger partial charge in [-0.05, 0) is 50.6 Å². The largest absolute Gasteiger partial charge is 0.396 e. The Kier molecular flexibility index (Phi) is 6.46. The molecule has 0 aliphatic heterocycles. The standard InChI is InChI=1S/C13H20ClNO/c1-15(9-2-3-11-16)10-8-12-4-6-13(14)7-5-12/h4-7,16H,2-3,8-11H2,1H3. The Morgan fingerprint density at radius 1 is 1.12 bits per heavy atom. The lowest BCUT2D eigenvalue weighted by molar-refractivity contribution is 0.264. The fraction of sp³-hybridized carbons (Fsp3) is 0.538. The van der Waals surface area contributed by atoms with Crippen LogP contribution in [-0.2, 0) is 6.42 Å². The van der Waals surface area contributed by atoms with Crippen LogP contribution in [0, 0.1) is 0 Å². The van der Waals surface area contributed by atoms with Gasteiger partial charge in [0.05, 0.1) is 0 Å². The highest BCUT2D eigenvalue weighted by molar-refractivity contribution is 6.30. The Morgan fingerprint density at radius 3 is 2.44 bits per heavy atom. The first-order valence-electron chi connectivity index (χ1n) is 5.76. The van der Waals surface area contributed by atoms with Crippen LogP contribution in [0.5, 0.6) is 0 Å². The molecule has 0 unspecified atom stereocenters. The summed E-state index contributed by atoms with van der Waals surface area (Å²) < 4.78 is 0. The number of hydrogen-bond donors (Lipinski definition) is 1. The average Bonchev–Trinajstić information content (AvgIpc) is 2.29. The zero-order chi connectivity index (χ0) is 11.8. The van der Waals surface area contributed by atoms with Crippen LogP contribution >= 0.6 is 11.6 Å². The van der Waals surface area contributed by atoms with Crippen molar-refractivity contribution in [3.63, 3.8) is 0 Å². The number of benzene rings is 1. The third-order valence-electron chi connectivity index (χ3n) is 2.64. The second kappa shape index (κ2) is 7.66. The molecule has 0 spiro atoms. The Hall–Kier alpha value is -0.570. The summed E-state index contributed by atoms with van der Waals surface area (Å²) in [7, 11) is 2.12. The number of rotatable bonds is 7. The van der Waals surface area contributed by atoms with E-state index in [1.54, 1.807) is 0 Å². The Balaban J connectivity index is 2.20. The van der Waals surface area contributed by atoms with Crippen molar-refractivity contribution in [2.45, 2.75) is 19.3 Å². The van der Waals surface area contributed by atoms with E-state index >= 15 is 0 Å². The molecule has 1 rings (SSSR count). The molecule has 0 aliphatic carbocycles. The van der Waals surface area contributed by atoms with Crippen LogP contribution in [0.3, 0.4) is 0 Å². The molecule has 0 fully saturated rings. The van der Waals surface area contributed by atoms with Crippen molar-refractivity contribution in [3.8, 4) is 0 Å². The second-order valence-corrected chi connectivity index (χ2v) is 4.55. The van der Waals surface area contributed by atoms with Crippen molar-refractivity contribution in [2.24, 2.45) is 0 Å². The summed E-state index contributed by atoms with van der Waals surface area (Å²) in [5.41, 5.74) is 1.32. The Morgan fingerprint density at radius 2 is 1.81 bits per heavy atom. The molecule has 1 aromatic rings. The fourth-order valence-corrected chi connectivity index (χ4v) is 1.70. The maximum absolute atomic E-state index is 8.68. The van der Waals surface area contributed by atoms with Gasteiger partial charge in [0.1, 0.15) is 0 Å². The maximum atomic E-state index is 8.68. The van der Waals surface area contributed by atoms with Crippen molar-refractivity contribution in [2.75, 3.05) is 26.7 Å². The number of aliphatic hydroxyl groups is 1. The van der Waals surface area contributed by atoms with E-state index in [1.165, 1.54) is 5.56 Å². The van der Waals surface area contributed by atoms with E-state index in [9.17, 15) is 0 Å². The van der Waals surface area contributed by atoms with Gasteiger partial charge in [-0.2, -0.15) is 0 Å². The molecule has 0 aromatic heterocycles. The van der Waals surface area contributed by atoms with Crippen molar-refractivity contribution in [1.29, 1.82) is 0 Å². The van der Waals surface area contributed by atoms with Gasteiger partial charge in [0, 0.05) is 18.2 Å². The fourth-order valence-electron chi connectivity index (χ4n) is 1.58. The van der Waals surface area contributed by atoms with Crippen LogP contribution in [0.4, 0.5) is 0 Å². The van der Waals surface area contributed by atoms with Gasteiger partial charge in [-0.15, -0.1) is 0 Å². The predicted octanol–water partition coefficient (Wildman–Crippen LogP) is 2.59. The van der Waals surface area contributed by atoms with Crippen LogP contribution in [0.25, 0.3) is 0 Å². The third kappa shape index (κ3) is 5.50. The van der Waals surface area contributed by atoms with Gasteiger partial charge in [0.2, 0.25) is 0 Å².